The van der Waals surface area contributed by atoms with E-state index in [9.17, 15) is 9.59 Å². The smallest absolute Gasteiger partial charge is 0.251 e. The second kappa shape index (κ2) is 11.5. The molecule has 4 nitrogen and oxygen atoms in total. The van der Waals surface area contributed by atoms with Crippen molar-refractivity contribution in [2.24, 2.45) is 0 Å². The molecule has 3 aromatic rings. The quantitative estimate of drug-likeness (QED) is 0.503. The first-order chi connectivity index (χ1) is 15.2. The lowest BCUT2D eigenvalue weighted by Gasteiger charge is -2.22. The Bertz CT molecular complexity index is 1010. The molecule has 0 heterocycles. The summed E-state index contributed by atoms with van der Waals surface area (Å²) in [5, 5.41) is 2.90. The fourth-order valence-electron chi connectivity index (χ4n) is 3.23. The van der Waals surface area contributed by atoms with E-state index in [4.69, 9.17) is 0 Å². The van der Waals surface area contributed by atoms with Crippen LogP contribution in [0.15, 0.2) is 91.0 Å². The Morgan fingerprint density at radius 3 is 2.26 bits per heavy atom. The van der Waals surface area contributed by atoms with Crippen molar-refractivity contribution in [2.75, 3.05) is 11.4 Å². The first-order valence-corrected chi connectivity index (χ1v) is 10.6. The molecule has 2 amide bonds. The third-order valence-electron chi connectivity index (χ3n) is 4.83. The van der Waals surface area contributed by atoms with Gasteiger partial charge in [-0.25, -0.2) is 0 Å². The summed E-state index contributed by atoms with van der Waals surface area (Å²) in [6.45, 7) is 3.14. The van der Waals surface area contributed by atoms with E-state index in [0.29, 0.717) is 19.5 Å². The van der Waals surface area contributed by atoms with Gasteiger partial charge < -0.3 is 10.2 Å². The maximum absolute atomic E-state index is 13.2. The molecule has 0 unspecified atom stereocenters. The molecule has 4 heteroatoms. The topological polar surface area (TPSA) is 49.4 Å². The first kappa shape index (κ1) is 22.0. The van der Waals surface area contributed by atoms with Crippen LogP contribution in [0.25, 0.3) is 6.08 Å². The Morgan fingerprint density at radius 1 is 0.871 bits per heavy atom. The van der Waals surface area contributed by atoms with Crippen LogP contribution in [-0.2, 0) is 22.6 Å². The molecule has 0 aromatic heterocycles. The van der Waals surface area contributed by atoms with E-state index in [1.165, 1.54) is 0 Å². The molecule has 0 spiro atoms. The van der Waals surface area contributed by atoms with Crippen LogP contribution in [-0.4, -0.2) is 18.4 Å². The number of carbonyl (C=O) groups excluding carboxylic acids is 2. The van der Waals surface area contributed by atoms with Gasteiger partial charge in [-0.1, -0.05) is 79.7 Å². The maximum Gasteiger partial charge on any atom is 0.251 e. The monoisotopic (exact) mass is 412 g/mol. The molecule has 0 aliphatic heterocycles. The summed E-state index contributed by atoms with van der Waals surface area (Å²) in [7, 11) is 0. The van der Waals surface area contributed by atoms with Crippen molar-refractivity contribution in [3.05, 3.63) is 108 Å². The third kappa shape index (κ3) is 6.96. The van der Waals surface area contributed by atoms with Crippen LogP contribution >= 0.6 is 0 Å². The van der Waals surface area contributed by atoms with Gasteiger partial charge in [0.05, 0.1) is 13.0 Å². The van der Waals surface area contributed by atoms with Crippen LogP contribution in [0, 0.1) is 0 Å². The molecular weight excluding hydrogens is 384 g/mol. The Morgan fingerprint density at radius 2 is 1.55 bits per heavy atom. The molecule has 0 saturated heterocycles. The number of benzene rings is 3. The standard InChI is InChI=1S/C27H28N2O2/c1-2-18-28-26(30)20-24-14-9-15-25(19-24)29(21-23-12-7-4-8-13-23)27(31)17-16-22-10-5-3-6-11-22/h3-17,19H,2,18,20-21H2,1H3,(H,28,30)/b17-16+. The molecule has 3 rings (SSSR count). The van der Waals surface area contributed by atoms with Crippen LogP contribution in [0.1, 0.15) is 30.0 Å². The van der Waals surface area contributed by atoms with Gasteiger partial charge in [-0.05, 0) is 41.3 Å². The van der Waals surface area contributed by atoms with Gasteiger partial charge >= 0.3 is 0 Å². The zero-order chi connectivity index (χ0) is 21.9. The zero-order valence-electron chi connectivity index (χ0n) is 17.8. The summed E-state index contributed by atoms with van der Waals surface area (Å²) in [6, 6.07) is 27.3. The highest BCUT2D eigenvalue weighted by atomic mass is 16.2. The van der Waals surface area contributed by atoms with Gasteiger partial charge in [-0.2, -0.15) is 0 Å². The van der Waals surface area contributed by atoms with E-state index in [-0.39, 0.29) is 11.8 Å². The maximum atomic E-state index is 13.2. The van der Waals surface area contributed by atoms with E-state index >= 15 is 0 Å². The predicted octanol–water partition coefficient (Wildman–Crippen LogP) is 5.00. The molecule has 158 valence electrons. The van der Waals surface area contributed by atoms with Crippen molar-refractivity contribution in [2.45, 2.75) is 26.3 Å². The summed E-state index contributed by atoms with van der Waals surface area (Å²) in [5.41, 5.74) is 3.66. The minimum Gasteiger partial charge on any atom is -0.356 e. The predicted molar refractivity (Wildman–Crippen MR) is 127 cm³/mol. The number of hydrogen-bond donors (Lipinski definition) is 1. The number of nitrogens with zero attached hydrogens (tertiary/aromatic N) is 1. The number of carbonyl (C=O) groups is 2. The molecule has 1 N–H and O–H groups in total. The van der Waals surface area contributed by atoms with E-state index < -0.39 is 0 Å². The molecular formula is C27H28N2O2. The zero-order valence-corrected chi connectivity index (χ0v) is 17.8. The molecule has 0 radical (unpaired) electrons. The van der Waals surface area contributed by atoms with Crippen LogP contribution in [0.2, 0.25) is 0 Å². The van der Waals surface area contributed by atoms with Crippen LogP contribution in [0.5, 0.6) is 0 Å². The Kier molecular flexibility index (Phi) is 8.18. The normalized spacial score (nSPS) is 10.7. The number of anilines is 1. The van der Waals surface area contributed by atoms with Crippen molar-refractivity contribution in [1.82, 2.24) is 5.32 Å². The summed E-state index contributed by atoms with van der Waals surface area (Å²) in [4.78, 5) is 27.0. The molecule has 0 fully saturated rings. The van der Waals surface area contributed by atoms with Crippen molar-refractivity contribution in [1.29, 1.82) is 0 Å². The Labute approximate surface area is 184 Å². The van der Waals surface area contributed by atoms with Gasteiger partial charge in [0.15, 0.2) is 0 Å². The van der Waals surface area contributed by atoms with Crippen LogP contribution in [0.3, 0.4) is 0 Å². The van der Waals surface area contributed by atoms with Crippen LogP contribution in [0.4, 0.5) is 5.69 Å². The van der Waals surface area contributed by atoms with Gasteiger partial charge in [-0.15, -0.1) is 0 Å². The third-order valence-corrected chi connectivity index (χ3v) is 4.83. The van der Waals surface area contributed by atoms with Crippen molar-refractivity contribution >= 4 is 23.6 Å². The summed E-state index contributed by atoms with van der Waals surface area (Å²) < 4.78 is 0. The number of rotatable bonds is 9. The lowest BCUT2D eigenvalue weighted by molar-refractivity contribution is -0.120. The van der Waals surface area contributed by atoms with Crippen molar-refractivity contribution < 1.29 is 9.59 Å². The minimum atomic E-state index is -0.111. The second-order valence-electron chi connectivity index (χ2n) is 7.35. The lowest BCUT2D eigenvalue weighted by Crippen LogP contribution is -2.29. The fourth-order valence-corrected chi connectivity index (χ4v) is 3.23. The SMILES string of the molecule is CCCNC(=O)Cc1cccc(N(Cc2ccccc2)C(=O)/C=C/c2ccccc2)c1. The molecule has 0 aliphatic rings. The van der Waals surface area contributed by atoms with E-state index in [1.54, 1.807) is 11.0 Å². The number of amides is 2. The van der Waals surface area contributed by atoms with Gasteiger partial charge in [-0.3, -0.25) is 9.59 Å². The molecule has 31 heavy (non-hydrogen) atoms. The van der Waals surface area contributed by atoms with Gasteiger partial charge in [0.2, 0.25) is 5.91 Å². The summed E-state index contributed by atoms with van der Waals surface area (Å²) >= 11 is 0. The Hall–Kier alpha value is -3.66. The molecule has 0 atom stereocenters. The average Bonchev–Trinajstić information content (AvgIpc) is 2.81. The average molecular weight is 413 g/mol. The van der Waals surface area contributed by atoms with Crippen LogP contribution < -0.4 is 10.2 Å². The molecule has 0 saturated carbocycles. The largest absolute Gasteiger partial charge is 0.356 e. The number of hydrogen-bond acceptors (Lipinski definition) is 2. The van der Waals surface area contributed by atoms with Crippen molar-refractivity contribution in [3.63, 3.8) is 0 Å². The van der Waals surface area contributed by atoms with Gasteiger partial charge in [0, 0.05) is 18.3 Å². The van der Waals surface area contributed by atoms with E-state index in [0.717, 1.165) is 28.8 Å². The summed E-state index contributed by atoms with van der Waals surface area (Å²) in [5.74, 6) is -0.121. The lowest BCUT2D eigenvalue weighted by atomic mass is 10.1. The highest BCUT2D eigenvalue weighted by molar-refractivity contribution is 6.03. The molecule has 0 aliphatic carbocycles. The van der Waals surface area contributed by atoms with E-state index in [2.05, 4.69) is 5.32 Å². The highest BCUT2D eigenvalue weighted by Crippen LogP contribution is 2.20. The fraction of sp³-hybridized carbons (Fsp3) is 0.185. The summed E-state index contributed by atoms with van der Waals surface area (Å²) in [6.07, 6.45) is 4.61. The van der Waals surface area contributed by atoms with E-state index in [1.807, 2.05) is 97.9 Å². The van der Waals surface area contributed by atoms with Gasteiger partial charge in [0.25, 0.3) is 5.91 Å². The Balaban J connectivity index is 1.83. The molecule has 0 bridgehead atoms. The minimum absolute atomic E-state index is 0.0103. The van der Waals surface area contributed by atoms with Crippen molar-refractivity contribution in [3.8, 4) is 0 Å². The first-order valence-electron chi connectivity index (χ1n) is 10.6. The van der Waals surface area contributed by atoms with Gasteiger partial charge in [0.1, 0.15) is 0 Å². The second-order valence-corrected chi connectivity index (χ2v) is 7.35. The molecule has 3 aromatic carbocycles. The highest BCUT2D eigenvalue weighted by Gasteiger charge is 2.15. The number of nitrogens with one attached hydrogen (secondary N) is 1.